The van der Waals surface area contributed by atoms with Gasteiger partial charge in [0.25, 0.3) is 0 Å². The summed E-state index contributed by atoms with van der Waals surface area (Å²) in [5, 5.41) is 28.1. The van der Waals surface area contributed by atoms with Crippen LogP contribution in [-0.2, 0) is 14.3 Å². The molecule has 6 rings (SSSR count). The number of carbonyl (C=O) groups excluding carboxylic acids is 2. The first-order chi connectivity index (χ1) is 23.7. The number of aliphatic hydroxyl groups excluding tert-OH is 1. The zero-order valence-corrected chi connectivity index (χ0v) is 33.4. The van der Waals surface area contributed by atoms with Crippen molar-refractivity contribution in [3.8, 4) is 0 Å². The van der Waals surface area contributed by atoms with E-state index in [2.05, 4.69) is 59.1 Å². The molecule has 0 bridgehead atoms. The van der Waals surface area contributed by atoms with Crippen LogP contribution in [0, 0.1) is 56.7 Å². The number of nitrogens with one attached hydrogen (secondary N) is 2. The Balaban J connectivity index is 1.24. The van der Waals surface area contributed by atoms with Crippen molar-refractivity contribution in [1.29, 1.82) is 0 Å². The number of hydrogen-bond donors (Lipinski definition) is 4. The number of carboxylic acids is 1. The van der Waals surface area contributed by atoms with Crippen LogP contribution in [-0.4, -0.2) is 52.5 Å². The van der Waals surface area contributed by atoms with Gasteiger partial charge in [0.2, 0.25) is 0 Å². The van der Waals surface area contributed by atoms with E-state index in [1.165, 1.54) is 43.3 Å². The zero-order valence-electron chi connectivity index (χ0n) is 33.4. The molecule has 0 aromatic heterocycles. The molecule has 5 fully saturated rings. The van der Waals surface area contributed by atoms with Gasteiger partial charge < -0.3 is 25.6 Å². The van der Waals surface area contributed by atoms with Crippen molar-refractivity contribution in [1.82, 2.24) is 10.6 Å². The Morgan fingerprint density at radius 1 is 0.863 bits per heavy atom. The fourth-order valence-corrected chi connectivity index (χ4v) is 13.7. The van der Waals surface area contributed by atoms with E-state index < -0.39 is 29.0 Å². The summed E-state index contributed by atoms with van der Waals surface area (Å²) in [6.45, 7) is 20.6. The molecule has 0 aromatic rings. The van der Waals surface area contributed by atoms with Crippen molar-refractivity contribution < 1.29 is 29.3 Å². The predicted molar refractivity (Wildman–Crippen MR) is 200 cm³/mol. The van der Waals surface area contributed by atoms with Crippen LogP contribution in [0.15, 0.2) is 11.1 Å². The van der Waals surface area contributed by atoms with Gasteiger partial charge in [0.15, 0.2) is 0 Å². The van der Waals surface area contributed by atoms with E-state index in [0.717, 1.165) is 57.9 Å². The summed E-state index contributed by atoms with van der Waals surface area (Å²) in [5.41, 5.74) is 0.862. The normalized spacial score (nSPS) is 40.8. The standard InChI is InChI=1S/C43H70N2O6/c1-26(2)34-29(46)23-43(45-37(50)44-25-27-13-11-10-12-14-27)22-21-41(8)28(35(34)43)15-16-31-40(7)19-18-32(51-33(47)24-38(3,4)36(48)49)39(5,6)30(40)17-20-42(31,41)9/h26-32,46H,10-25H2,1-9H3,(H,48,49)(H2,44,45,50)/t28?,29?,30?,31?,32-,40?,41+,42+,43+/m0/s1. The minimum absolute atomic E-state index is 0.0308. The van der Waals surface area contributed by atoms with Gasteiger partial charge >= 0.3 is 18.0 Å². The predicted octanol–water partition coefficient (Wildman–Crippen LogP) is 8.80. The van der Waals surface area contributed by atoms with Gasteiger partial charge in [0, 0.05) is 18.4 Å². The lowest BCUT2D eigenvalue weighted by Crippen LogP contribution is -2.67. The smallest absolute Gasteiger partial charge is 0.315 e. The van der Waals surface area contributed by atoms with Crippen molar-refractivity contribution in [2.45, 2.75) is 176 Å². The number of aliphatic hydroxyl groups is 1. The van der Waals surface area contributed by atoms with Crippen LogP contribution in [0.3, 0.4) is 0 Å². The monoisotopic (exact) mass is 711 g/mol. The molecule has 0 spiro atoms. The van der Waals surface area contributed by atoms with E-state index in [1.807, 2.05) is 0 Å². The number of rotatable bonds is 8. The highest BCUT2D eigenvalue weighted by Gasteiger charge is 2.70. The molecule has 9 atom stereocenters. The van der Waals surface area contributed by atoms with Gasteiger partial charge in [0.1, 0.15) is 6.10 Å². The molecule has 0 heterocycles. The first-order valence-corrected chi connectivity index (χ1v) is 20.6. The van der Waals surface area contributed by atoms with E-state index in [1.54, 1.807) is 13.8 Å². The van der Waals surface area contributed by atoms with Crippen molar-refractivity contribution in [2.24, 2.45) is 56.7 Å². The van der Waals surface area contributed by atoms with Crippen LogP contribution in [0.4, 0.5) is 4.79 Å². The van der Waals surface area contributed by atoms with Crippen LogP contribution < -0.4 is 10.6 Å². The average Bonchev–Trinajstić information content (AvgIpc) is 3.33. The zero-order chi connectivity index (χ0) is 37.4. The third kappa shape index (κ3) is 6.27. The van der Waals surface area contributed by atoms with Crippen LogP contribution in [0.1, 0.15) is 159 Å². The molecular weight excluding hydrogens is 640 g/mol. The molecule has 8 heteroatoms. The summed E-state index contributed by atoms with van der Waals surface area (Å²) >= 11 is 0. The van der Waals surface area contributed by atoms with E-state index in [-0.39, 0.29) is 46.1 Å². The lowest BCUT2D eigenvalue weighted by Gasteiger charge is -2.72. The third-order valence-corrected chi connectivity index (χ3v) is 16.6. The Morgan fingerprint density at radius 2 is 1.55 bits per heavy atom. The second kappa shape index (κ2) is 13.3. The molecule has 51 heavy (non-hydrogen) atoms. The number of ether oxygens (including phenoxy) is 1. The summed E-state index contributed by atoms with van der Waals surface area (Å²) in [4.78, 5) is 38.5. The average molecular weight is 711 g/mol. The van der Waals surface area contributed by atoms with Crippen LogP contribution in [0.25, 0.3) is 0 Å². The molecule has 0 radical (unpaired) electrons. The van der Waals surface area contributed by atoms with Crippen LogP contribution >= 0.6 is 0 Å². The fraction of sp³-hybridized carbons (Fsp3) is 0.884. The van der Waals surface area contributed by atoms with Gasteiger partial charge in [-0.1, -0.05) is 67.7 Å². The topological polar surface area (TPSA) is 125 Å². The second-order valence-corrected chi connectivity index (χ2v) is 20.5. The third-order valence-electron chi connectivity index (χ3n) is 16.6. The summed E-state index contributed by atoms with van der Waals surface area (Å²) in [7, 11) is 0. The number of hydrogen-bond acceptors (Lipinski definition) is 5. The molecule has 6 aliphatic carbocycles. The van der Waals surface area contributed by atoms with Crippen molar-refractivity contribution in [3.63, 3.8) is 0 Å². The molecule has 0 aliphatic heterocycles. The van der Waals surface area contributed by atoms with Gasteiger partial charge in [-0.05, 0) is 135 Å². The van der Waals surface area contributed by atoms with E-state index in [0.29, 0.717) is 30.1 Å². The summed E-state index contributed by atoms with van der Waals surface area (Å²) < 4.78 is 6.17. The van der Waals surface area contributed by atoms with Gasteiger partial charge in [-0.25, -0.2) is 4.79 Å². The second-order valence-electron chi connectivity index (χ2n) is 20.5. The Morgan fingerprint density at radius 3 is 2.20 bits per heavy atom. The Kier molecular flexibility index (Phi) is 10.1. The molecule has 5 saturated carbocycles. The molecule has 0 saturated heterocycles. The van der Waals surface area contributed by atoms with Crippen molar-refractivity contribution in [3.05, 3.63) is 11.1 Å². The molecular formula is C43H70N2O6. The molecule has 2 amide bonds. The van der Waals surface area contributed by atoms with Crippen molar-refractivity contribution in [2.75, 3.05) is 6.54 Å². The summed E-state index contributed by atoms with van der Waals surface area (Å²) in [6, 6.07) is -0.0713. The molecule has 8 nitrogen and oxygen atoms in total. The minimum atomic E-state index is -1.16. The first kappa shape index (κ1) is 38.6. The number of carbonyl (C=O) groups is 3. The Bertz CT molecular complexity index is 1410. The van der Waals surface area contributed by atoms with Gasteiger partial charge in [-0.3, -0.25) is 9.59 Å². The van der Waals surface area contributed by atoms with Crippen LogP contribution in [0.5, 0.6) is 0 Å². The Labute approximate surface area is 308 Å². The van der Waals surface area contributed by atoms with Gasteiger partial charge in [-0.2, -0.15) is 0 Å². The number of amides is 2. The summed E-state index contributed by atoms with van der Waals surface area (Å²) in [5.74, 6) is 0.595. The molecule has 6 aliphatic rings. The number of fused-ring (bicyclic) bond motifs is 7. The Hall–Kier alpha value is -2.09. The molecule has 288 valence electrons. The van der Waals surface area contributed by atoms with E-state index in [4.69, 9.17) is 4.74 Å². The molecule has 0 aromatic carbocycles. The van der Waals surface area contributed by atoms with E-state index in [9.17, 15) is 24.6 Å². The number of aliphatic carboxylic acids is 1. The number of esters is 1. The highest BCUT2D eigenvalue weighted by atomic mass is 16.5. The summed E-state index contributed by atoms with van der Waals surface area (Å²) in [6.07, 6.45) is 13.9. The number of urea groups is 1. The first-order valence-electron chi connectivity index (χ1n) is 20.6. The highest BCUT2D eigenvalue weighted by molar-refractivity contribution is 5.81. The van der Waals surface area contributed by atoms with Gasteiger partial charge in [0.05, 0.1) is 23.5 Å². The van der Waals surface area contributed by atoms with Crippen LogP contribution in [0.2, 0.25) is 0 Å². The molecule has 4 N–H and O–H groups in total. The fourth-order valence-electron chi connectivity index (χ4n) is 13.7. The maximum absolute atomic E-state index is 13.7. The molecule has 5 unspecified atom stereocenters. The van der Waals surface area contributed by atoms with E-state index >= 15 is 0 Å². The maximum atomic E-state index is 13.7. The highest BCUT2D eigenvalue weighted by Crippen LogP contribution is 2.76. The minimum Gasteiger partial charge on any atom is -0.481 e. The lowest BCUT2D eigenvalue weighted by molar-refractivity contribution is -0.232. The number of carboxylic acid groups (broad SMARTS) is 1. The van der Waals surface area contributed by atoms with Gasteiger partial charge in [-0.15, -0.1) is 0 Å². The SMILES string of the molecule is CC(C)C1=C2C3CCC4C5(C)CC[C@H](OC(=O)CC(C)(C)C(=O)O)C(C)(C)C5CC[C@@]4(C)[C@]3(C)CC[C@@]2(NC(=O)NCC2CCCCC2)CC1O. The van der Waals surface area contributed by atoms with Crippen molar-refractivity contribution >= 4 is 18.0 Å². The lowest BCUT2D eigenvalue weighted by atomic mass is 9.33. The maximum Gasteiger partial charge on any atom is 0.315 e. The quantitative estimate of drug-likeness (QED) is 0.147. The largest absolute Gasteiger partial charge is 0.481 e.